The van der Waals surface area contributed by atoms with Gasteiger partial charge in [0.2, 0.25) is 0 Å². The molecular weight excluding hydrogens is 311 g/mol. The summed E-state index contributed by atoms with van der Waals surface area (Å²) in [4.78, 5) is 20.0. The molecule has 1 aromatic rings. The molecule has 0 aromatic carbocycles. The quantitative estimate of drug-likeness (QED) is 0.453. The van der Waals surface area contributed by atoms with Crippen LogP contribution in [0.15, 0.2) is 29.5 Å². The van der Waals surface area contributed by atoms with Gasteiger partial charge in [0.15, 0.2) is 0 Å². The zero-order chi connectivity index (χ0) is 18.2. The molecule has 0 aliphatic heterocycles. The number of aromatic nitrogens is 2. The van der Waals surface area contributed by atoms with Crippen LogP contribution in [0.4, 0.5) is 4.39 Å². The van der Waals surface area contributed by atoms with Crippen LogP contribution in [0.3, 0.4) is 0 Å². The molecule has 0 spiro atoms. The lowest BCUT2D eigenvalue weighted by Gasteiger charge is -2.06. The van der Waals surface area contributed by atoms with E-state index in [1.54, 1.807) is 24.7 Å². The highest BCUT2D eigenvalue weighted by Crippen LogP contribution is 2.54. The van der Waals surface area contributed by atoms with Crippen molar-refractivity contribution in [1.82, 2.24) is 9.55 Å². The van der Waals surface area contributed by atoms with Crippen LogP contribution in [0.1, 0.15) is 45.2 Å². The molecular formula is C17H27FN4O2. The van der Waals surface area contributed by atoms with E-state index in [9.17, 15) is 9.18 Å². The van der Waals surface area contributed by atoms with Crippen LogP contribution < -0.4 is 5.73 Å². The van der Waals surface area contributed by atoms with E-state index in [4.69, 9.17) is 10.8 Å². The van der Waals surface area contributed by atoms with Gasteiger partial charge in [-0.2, -0.15) is 0 Å². The number of aldehydes is 1. The summed E-state index contributed by atoms with van der Waals surface area (Å²) in [5.41, 5.74) is 5.82. The molecule has 0 saturated heterocycles. The van der Waals surface area contributed by atoms with Crippen molar-refractivity contribution in [1.29, 1.82) is 0 Å². The highest BCUT2D eigenvalue weighted by Gasteiger charge is 2.56. The highest BCUT2D eigenvalue weighted by molar-refractivity contribution is 5.83. The molecule has 2 rings (SSSR count). The summed E-state index contributed by atoms with van der Waals surface area (Å²) >= 11 is 0. The van der Waals surface area contributed by atoms with Gasteiger partial charge in [-0.15, -0.1) is 0 Å². The number of aliphatic imine (C=N–C) groups is 1. The van der Waals surface area contributed by atoms with E-state index in [1.807, 2.05) is 6.20 Å². The fourth-order valence-electron chi connectivity index (χ4n) is 2.65. The number of nitrogens with two attached hydrogens (primary N) is 1. The van der Waals surface area contributed by atoms with E-state index in [2.05, 4.69) is 9.98 Å². The largest absolute Gasteiger partial charge is 0.400 e. The molecule has 1 saturated carbocycles. The Morgan fingerprint density at radius 2 is 2.33 bits per heavy atom. The molecule has 1 heterocycles. The molecule has 134 valence electrons. The Labute approximate surface area is 142 Å². The number of hydrogen-bond acceptors (Lipinski definition) is 5. The fraction of sp³-hybridized carbons (Fsp3) is 0.588. The first kappa shape index (κ1) is 20.2. The molecule has 0 radical (unpaired) electrons. The van der Waals surface area contributed by atoms with Crippen LogP contribution >= 0.6 is 0 Å². The van der Waals surface area contributed by atoms with Gasteiger partial charge in [0, 0.05) is 13.3 Å². The molecule has 3 N–H and O–H groups in total. The van der Waals surface area contributed by atoms with E-state index in [1.165, 1.54) is 6.20 Å². The Morgan fingerprint density at radius 1 is 1.62 bits per heavy atom. The van der Waals surface area contributed by atoms with Crippen molar-refractivity contribution in [2.75, 3.05) is 13.7 Å². The summed E-state index contributed by atoms with van der Waals surface area (Å²) in [6, 6.07) is 0. The number of rotatable bonds is 7. The molecule has 1 aromatic heterocycles. The maximum Gasteiger partial charge on any atom is 0.132 e. The molecule has 0 bridgehead atoms. The minimum absolute atomic E-state index is 0.270. The first-order valence-corrected chi connectivity index (χ1v) is 8.12. The number of imidazole rings is 1. The predicted octanol–water partition coefficient (Wildman–Crippen LogP) is 2.17. The molecule has 0 amide bonds. The number of hydrogen-bond donors (Lipinski definition) is 2. The average molecular weight is 338 g/mol. The Balaban J connectivity index is 0.00000139. The summed E-state index contributed by atoms with van der Waals surface area (Å²) in [5, 5.41) is 7.00. The lowest BCUT2D eigenvalue weighted by Crippen LogP contribution is -2.13. The zero-order valence-corrected chi connectivity index (χ0v) is 14.6. The summed E-state index contributed by atoms with van der Waals surface area (Å²) in [6.45, 7) is 4.15. The summed E-state index contributed by atoms with van der Waals surface area (Å²) in [6.07, 6.45) is 8.66. The molecule has 1 fully saturated rings. The Hall–Kier alpha value is -1.86. The van der Waals surface area contributed by atoms with Gasteiger partial charge in [0.25, 0.3) is 0 Å². The van der Waals surface area contributed by atoms with Gasteiger partial charge in [-0.3, -0.25) is 4.57 Å². The number of carbonyl (C=O) groups excluding carboxylic acids is 1. The van der Waals surface area contributed by atoms with Crippen LogP contribution in [-0.2, 0) is 10.2 Å². The van der Waals surface area contributed by atoms with Gasteiger partial charge in [-0.25, -0.2) is 14.4 Å². The first-order chi connectivity index (χ1) is 11.6. The van der Waals surface area contributed by atoms with Crippen LogP contribution in [-0.4, -0.2) is 40.4 Å². The van der Waals surface area contributed by atoms with Gasteiger partial charge >= 0.3 is 0 Å². The van der Waals surface area contributed by atoms with Crippen LogP contribution in [0, 0.1) is 5.92 Å². The van der Waals surface area contributed by atoms with Gasteiger partial charge in [0.05, 0.1) is 17.3 Å². The van der Waals surface area contributed by atoms with Gasteiger partial charge in [-0.1, -0.05) is 6.92 Å². The fourth-order valence-corrected chi connectivity index (χ4v) is 2.65. The average Bonchev–Trinajstić information content (AvgIpc) is 3.12. The van der Waals surface area contributed by atoms with Crippen molar-refractivity contribution >= 4 is 12.1 Å². The van der Waals surface area contributed by atoms with Crippen LogP contribution in [0.2, 0.25) is 0 Å². The van der Waals surface area contributed by atoms with E-state index in [0.29, 0.717) is 24.7 Å². The molecule has 6 nitrogen and oxygen atoms in total. The number of carbonyl (C=O) groups is 1. The molecule has 2 atom stereocenters. The van der Waals surface area contributed by atoms with Crippen molar-refractivity contribution in [3.63, 3.8) is 0 Å². The second-order valence-corrected chi connectivity index (χ2v) is 5.76. The Kier molecular flexibility index (Phi) is 7.94. The van der Waals surface area contributed by atoms with Gasteiger partial charge in [-0.05, 0) is 45.1 Å². The second kappa shape index (κ2) is 9.44. The third-order valence-electron chi connectivity index (χ3n) is 4.28. The lowest BCUT2D eigenvalue weighted by atomic mass is 9.99. The SMILES string of the molecule is CC/C(F)=C\N=C(C)n1cnc(C2(C=O)CC2CCCN)c1.CO. The maximum atomic E-state index is 13.1. The Morgan fingerprint density at radius 3 is 2.92 bits per heavy atom. The Bertz CT molecular complexity index is 597. The van der Waals surface area contributed by atoms with Gasteiger partial charge in [0.1, 0.15) is 24.3 Å². The maximum absolute atomic E-state index is 13.1. The summed E-state index contributed by atoms with van der Waals surface area (Å²) in [5.74, 6) is 0.669. The zero-order valence-electron chi connectivity index (χ0n) is 14.6. The predicted molar refractivity (Wildman–Crippen MR) is 92.5 cm³/mol. The first-order valence-electron chi connectivity index (χ1n) is 8.12. The minimum Gasteiger partial charge on any atom is -0.400 e. The molecule has 24 heavy (non-hydrogen) atoms. The van der Waals surface area contributed by atoms with Crippen molar-refractivity contribution in [2.45, 2.75) is 44.9 Å². The highest BCUT2D eigenvalue weighted by atomic mass is 19.1. The second-order valence-electron chi connectivity index (χ2n) is 5.76. The molecule has 7 heteroatoms. The van der Waals surface area contributed by atoms with Gasteiger partial charge < -0.3 is 15.6 Å². The van der Waals surface area contributed by atoms with E-state index in [-0.39, 0.29) is 5.83 Å². The third-order valence-corrected chi connectivity index (χ3v) is 4.28. The molecule has 1 aliphatic rings. The normalized spacial score (nSPS) is 23.5. The number of halogens is 1. The van der Waals surface area contributed by atoms with Crippen molar-refractivity contribution < 1.29 is 14.3 Å². The van der Waals surface area contributed by atoms with Crippen molar-refractivity contribution in [3.8, 4) is 0 Å². The molecule has 1 aliphatic carbocycles. The smallest absolute Gasteiger partial charge is 0.132 e. The van der Waals surface area contributed by atoms with E-state index in [0.717, 1.165) is 38.4 Å². The monoisotopic (exact) mass is 338 g/mol. The lowest BCUT2D eigenvalue weighted by molar-refractivity contribution is -0.110. The van der Waals surface area contributed by atoms with Crippen molar-refractivity contribution in [3.05, 3.63) is 30.2 Å². The molecule has 2 unspecified atom stereocenters. The number of nitrogens with zero attached hydrogens (tertiary/aromatic N) is 3. The topological polar surface area (TPSA) is 93.5 Å². The summed E-state index contributed by atoms with van der Waals surface area (Å²) in [7, 11) is 1.00. The third kappa shape index (κ3) is 4.58. The number of aliphatic hydroxyl groups is 1. The van der Waals surface area contributed by atoms with Crippen molar-refractivity contribution in [2.24, 2.45) is 16.6 Å². The number of aliphatic hydroxyl groups excluding tert-OH is 1. The summed E-state index contributed by atoms with van der Waals surface area (Å²) < 4.78 is 14.8. The van der Waals surface area contributed by atoms with E-state index < -0.39 is 5.41 Å². The standard InChI is InChI=1S/C16H23FN4O.CH4O/c1-3-14(17)8-19-12(2)21-9-15(20-11-21)16(10-22)7-13(16)5-4-6-18;1-2/h8-11,13H,3-7,18H2,1-2H3;2H,1H3/b14-8+,19-12?;. The minimum atomic E-state index is -0.467. The van der Waals surface area contributed by atoms with Crippen LogP contribution in [0.25, 0.3) is 0 Å². The number of allylic oxidation sites excluding steroid dienone is 1. The van der Waals surface area contributed by atoms with Crippen LogP contribution in [0.5, 0.6) is 0 Å². The van der Waals surface area contributed by atoms with E-state index >= 15 is 0 Å².